The zero-order chi connectivity index (χ0) is 17.5. The SMILES string of the molecule is COc1ccc(OCCCN2CCCN([C@H]3COC[C@@H]3O)CC2)cc1. The molecule has 0 aliphatic carbocycles. The number of aliphatic hydroxyl groups excluding tert-OH is 1. The van der Waals surface area contributed by atoms with Crippen LogP contribution in [-0.4, -0.2) is 86.7 Å². The van der Waals surface area contributed by atoms with Gasteiger partial charge in [-0.15, -0.1) is 0 Å². The minimum Gasteiger partial charge on any atom is -0.497 e. The van der Waals surface area contributed by atoms with Gasteiger partial charge in [0.15, 0.2) is 0 Å². The molecule has 0 unspecified atom stereocenters. The summed E-state index contributed by atoms with van der Waals surface area (Å²) in [7, 11) is 1.67. The van der Waals surface area contributed by atoms with E-state index in [4.69, 9.17) is 14.2 Å². The standard InChI is InChI=1S/C19H30N2O4/c1-23-16-4-6-17(7-5-16)25-13-3-9-20-8-2-10-21(12-11-20)18-14-24-15-19(18)22/h4-7,18-19,22H,2-3,8-15H2,1H3/t18-,19-/m0/s1. The molecule has 2 fully saturated rings. The highest BCUT2D eigenvalue weighted by molar-refractivity contribution is 5.31. The van der Waals surface area contributed by atoms with E-state index < -0.39 is 0 Å². The van der Waals surface area contributed by atoms with Gasteiger partial charge in [-0.3, -0.25) is 4.90 Å². The average molecular weight is 350 g/mol. The van der Waals surface area contributed by atoms with Crippen LogP contribution in [0.15, 0.2) is 24.3 Å². The second-order valence-electron chi connectivity index (χ2n) is 6.78. The van der Waals surface area contributed by atoms with Gasteiger partial charge in [0, 0.05) is 19.6 Å². The highest BCUT2D eigenvalue weighted by Gasteiger charge is 2.32. The molecule has 2 aliphatic heterocycles. The molecule has 1 aromatic rings. The summed E-state index contributed by atoms with van der Waals surface area (Å²) in [5, 5.41) is 10.0. The molecule has 25 heavy (non-hydrogen) atoms. The Morgan fingerprint density at radius 2 is 1.88 bits per heavy atom. The van der Waals surface area contributed by atoms with Gasteiger partial charge in [-0.05, 0) is 50.2 Å². The highest BCUT2D eigenvalue weighted by atomic mass is 16.5. The van der Waals surface area contributed by atoms with Crippen molar-refractivity contribution in [3.05, 3.63) is 24.3 Å². The molecule has 2 atom stereocenters. The largest absolute Gasteiger partial charge is 0.497 e. The molecule has 2 aliphatic rings. The van der Waals surface area contributed by atoms with E-state index in [0.29, 0.717) is 13.2 Å². The Labute approximate surface area is 150 Å². The molecular formula is C19H30N2O4. The van der Waals surface area contributed by atoms with Gasteiger partial charge < -0.3 is 24.2 Å². The lowest BCUT2D eigenvalue weighted by Gasteiger charge is -2.28. The first-order valence-corrected chi connectivity index (χ1v) is 9.25. The van der Waals surface area contributed by atoms with Crippen molar-refractivity contribution in [3.63, 3.8) is 0 Å². The Hall–Kier alpha value is -1.34. The van der Waals surface area contributed by atoms with Crippen LogP contribution in [0, 0.1) is 0 Å². The number of rotatable bonds is 7. The molecule has 1 N–H and O–H groups in total. The molecule has 140 valence electrons. The maximum atomic E-state index is 10.0. The number of nitrogens with zero attached hydrogens (tertiary/aromatic N) is 2. The summed E-state index contributed by atoms with van der Waals surface area (Å²) in [6, 6.07) is 7.90. The minimum atomic E-state index is -0.329. The molecule has 6 heteroatoms. The fraction of sp³-hybridized carbons (Fsp3) is 0.684. The third-order valence-electron chi connectivity index (χ3n) is 5.06. The van der Waals surface area contributed by atoms with Crippen LogP contribution in [0.2, 0.25) is 0 Å². The summed E-state index contributed by atoms with van der Waals surface area (Å²) in [6.07, 6.45) is 1.83. The summed E-state index contributed by atoms with van der Waals surface area (Å²) in [5.41, 5.74) is 0. The van der Waals surface area contributed by atoms with E-state index in [0.717, 1.165) is 63.7 Å². The number of methoxy groups -OCH3 is 1. The topological polar surface area (TPSA) is 54.4 Å². The van der Waals surface area contributed by atoms with Gasteiger partial charge in [0.1, 0.15) is 11.5 Å². The summed E-state index contributed by atoms with van der Waals surface area (Å²) < 4.78 is 16.3. The van der Waals surface area contributed by atoms with Crippen molar-refractivity contribution in [1.29, 1.82) is 0 Å². The first-order valence-electron chi connectivity index (χ1n) is 9.25. The number of hydrogen-bond acceptors (Lipinski definition) is 6. The van der Waals surface area contributed by atoms with Crippen molar-refractivity contribution in [1.82, 2.24) is 9.80 Å². The Balaban J connectivity index is 1.34. The smallest absolute Gasteiger partial charge is 0.119 e. The molecule has 2 heterocycles. The number of hydrogen-bond donors (Lipinski definition) is 1. The Bertz CT molecular complexity index is 511. The van der Waals surface area contributed by atoms with E-state index in [1.54, 1.807) is 7.11 Å². The van der Waals surface area contributed by atoms with Crippen LogP contribution >= 0.6 is 0 Å². The van der Waals surface area contributed by atoms with Gasteiger partial charge in [0.25, 0.3) is 0 Å². The predicted molar refractivity (Wildman–Crippen MR) is 96.3 cm³/mol. The molecule has 0 bridgehead atoms. The maximum Gasteiger partial charge on any atom is 0.119 e. The van der Waals surface area contributed by atoms with Crippen LogP contribution in [0.3, 0.4) is 0 Å². The van der Waals surface area contributed by atoms with E-state index in [9.17, 15) is 5.11 Å². The van der Waals surface area contributed by atoms with Gasteiger partial charge in [-0.1, -0.05) is 0 Å². The lowest BCUT2D eigenvalue weighted by Crippen LogP contribution is -2.44. The monoisotopic (exact) mass is 350 g/mol. The second kappa shape index (κ2) is 9.38. The molecule has 2 saturated heterocycles. The molecule has 6 nitrogen and oxygen atoms in total. The number of aliphatic hydroxyl groups is 1. The summed E-state index contributed by atoms with van der Waals surface area (Å²) >= 11 is 0. The van der Waals surface area contributed by atoms with Gasteiger partial charge in [-0.25, -0.2) is 0 Å². The molecule has 0 amide bonds. The van der Waals surface area contributed by atoms with Crippen LogP contribution < -0.4 is 9.47 Å². The third-order valence-corrected chi connectivity index (χ3v) is 5.06. The molecule has 0 aromatic heterocycles. The first-order chi connectivity index (χ1) is 12.3. The summed E-state index contributed by atoms with van der Waals surface area (Å²) in [5.74, 6) is 1.73. The fourth-order valence-corrected chi connectivity index (χ4v) is 3.58. The van der Waals surface area contributed by atoms with Gasteiger partial charge in [0.2, 0.25) is 0 Å². The third kappa shape index (κ3) is 5.31. The molecular weight excluding hydrogens is 320 g/mol. The zero-order valence-electron chi connectivity index (χ0n) is 15.1. The number of ether oxygens (including phenoxy) is 3. The Morgan fingerprint density at radius 1 is 1.08 bits per heavy atom. The summed E-state index contributed by atoms with van der Waals surface area (Å²) in [4.78, 5) is 4.89. The van der Waals surface area contributed by atoms with Gasteiger partial charge in [-0.2, -0.15) is 0 Å². The van der Waals surface area contributed by atoms with Crippen molar-refractivity contribution in [2.45, 2.75) is 25.0 Å². The number of benzene rings is 1. The maximum absolute atomic E-state index is 10.0. The van der Waals surface area contributed by atoms with Crippen LogP contribution in [0.4, 0.5) is 0 Å². The normalized spacial score (nSPS) is 25.7. The van der Waals surface area contributed by atoms with Crippen LogP contribution in [0.5, 0.6) is 11.5 Å². The fourth-order valence-electron chi connectivity index (χ4n) is 3.58. The van der Waals surface area contributed by atoms with Gasteiger partial charge >= 0.3 is 0 Å². The zero-order valence-corrected chi connectivity index (χ0v) is 15.1. The van der Waals surface area contributed by atoms with Crippen molar-refractivity contribution in [2.75, 3.05) is 59.7 Å². The molecule has 0 spiro atoms. The van der Waals surface area contributed by atoms with E-state index in [-0.39, 0.29) is 12.1 Å². The van der Waals surface area contributed by atoms with Gasteiger partial charge in [0.05, 0.1) is 39.1 Å². The van der Waals surface area contributed by atoms with E-state index in [1.165, 1.54) is 0 Å². The Morgan fingerprint density at radius 3 is 2.60 bits per heavy atom. The van der Waals surface area contributed by atoms with Crippen molar-refractivity contribution >= 4 is 0 Å². The average Bonchev–Trinajstić information content (AvgIpc) is 2.93. The van der Waals surface area contributed by atoms with Crippen LogP contribution in [0.1, 0.15) is 12.8 Å². The summed E-state index contributed by atoms with van der Waals surface area (Å²) in [6.45, 7) is 7.13. The van der Waals surface area contributed by atoms with Crippen molar-refractivity contribution in [2.24, 2.45) is 0 Å². The molecule has 0 radical (unpaired) electrons. The molecule has 3 rings (SSSR count). The second-order valence-corrected chi connectivity index (χ2v) is 6.78. The van der Waals surface area contributed by atoms with E-state index in [2.05, 4.69) is 9.80 Å². The molecule has 1 aromatic carbocycles. The quantitative estimate of drug-likeness (QED) is 0.747. The first kappa shape index (κ1) is 18.5. The van der Waals surface area contributed by atoms with E-state index in [1.807, 2.05) is 24.3 Å². The van der Waals surface area contributed by atoms with E-state index >= 15 is 0 Å². The predicted octanol–water partition coefficient (Wildman–Crippen LogP) is 1.23. The molecule has 0 saturated carbocycles. The van der Waals surface area contributed by atoms with Crippen LogP contribution in [-0.2, 0) is 4.74 Å². The van der Waals surface area contributed by atoms with Crippen LogP contribution in [0.25, 0.3) is 0 Å². The van der Waals surface area contributed by atoms with Crippen molar-refractivity contribution < 1.29 is 19.3 Å². The minimum absolute atomic E-state index is 0.179. The lowest BCUT2D eigenvalue weighted by molar-refractivity contribution is 0.0837. The van der Waals surface area contributed by atoms with Crippen molar-refractivity contribution in [3.8, 4) is 11.5 Å². The Kier molecular flexibility index (Phi) is 6.93. The highest BCUT2D eigenvalue weighted by Crippen LogP contribution is 2.18. The lowest BCUT2D eigenvalue weighted by atomic mass is 10.2.